The molecule has 18 heavy (non-hydrogen) atoms. The molecule has 0 spiro atoms. The first kappa shape index (κ1) is 14.1. The first-order valence-electron chi connectivity index (χ1n) is 4.83. The number of carbonyl (C=O) groups is 1. The molecule has 96 valence electrons. The van der Waals surface area contributed by atoms with Gasteiger partial charge in [0.15, 0.2) is 5.69 Å². The Bertz CT molecular complexity index is 616. The number of carboxylic acid groups (broad SMARTS) is 1. The lowest BCUT2D eigenvalue weighted by Gasteiger charge is -2.20. The topological polar surface area (TPSA) is 120 Å². The van der Waals surface area contributed by atoms with Crippen LogP contribution >= 0.6 is 0 Å². The lowest BCUT2D eigenvalue weighted by atomic mass is 10.1. The van der Waals surface area contributed by atoms with E-state index in [2.05, 4.69) is 4.98 Å². The Balaban J connectivity index is 3.25. The van der Waals surface area contributed by atoms with Gasteiger partial charge in [0, 0.05) is 6.20 Å². The molecule has 0 aromatic carbocycles. The van der Waals surface area contributed by atoms with Gasteiger partial charge in [-0.15, -0.1) is 0 Å². The zero-order chi connectivity index (χ0) is 14.0. The van der Waals surface area contributed by atoms with Crippen molar-refractivity contribution in [3.8, 4) is 6.07 Å². The van der Waals surface area contributed by atoms with Crippen LogP contribution in [-0.2, 0) is 14.8 Å². The van der Waals surface area contributed by atoms with Gasteiger partial charge in [-0.25, -0.2) is 13.4 Å². The van der Waals surface area contributed by atoms with Gasteiger partial charge < -0.3 is 5.11 Å². The molecule has 0 bridgehead atoms. The molecule has 1 aromatic heterocycles. The van der Waals surface area contributed by atoms with Gasteiger partial charge in [-0.3, -0.25) is 4.79 Å². The predicted molar refractivity (Wildman–Crippen MR) is 61.0 cm³/mol. The predicted octanol–water partition coefficient (Wildman–Crippen LogP) is 0.0948. The summed E-state index contributed by atoms with van der Waals surface area (Å²) in [5, 5.41) is 17.6. The molecule has 7 nitrogen and oxygen atoms in total. The van der Waals surface area contributed by atoms with E-state index in [1.54, 1.807) is 6.07 Å². The van der Waals surface area contributed by atoms with Gasteiger partial charge in [0.25, 0.3) is 0 Å². The van der Waals surface area contributed by atoms with E-state index >= 15 is 0 Å². The van der Waals surface area contributed by atoms with Crippen LogP contribution in [0.5, 0.6) is 0 Å². The molecule has 8 heteroatoms. The molecule has 0 fully saturated rings. The molecular weight excluding hydrogens is 258 g/mol. The Morgan fingerprint density at radius 1 is 1.56 bits per heavy atom. The van der Waals surface area contributed by atoms with Crippen LogP contribution in [0.3, 0.4) is 0 Å². The van der Waals surface area contributed by atoms with Gasteiger partial charge in [-0.2, -0.15) is 9.98 Å². The zero-order valence-electron chi connectivity index (χ0n) is 9.71. The maximum Gasteiger partial charge on any atom is 0.324 e. The fourth-order valence-electron chi connectivity index (χ4n) is 1.13. The van der Waals surface area contributed by atoms with Crippen molar-refractivity contribution in [3.05, 3.63) is 24.0 Å². The van der Waals surface area contributed by atoms with E-state index in [-0.39, 0.29) is 10.6 Å². The van der Waals surface area contributed by atoms with Crippen molar-refractivity contribution in [2.45, 2.75) is 24.3 Å². The normalized spacial score (nSPS) is 11.8. The number of aliphatic carboxylic acids is 1. The molecule has 0 aliphatic rings. The summed E-state index contributed by atoms with van der Waals surface area (Å²) in [5.41, 5.74) is -1.97. The van der Waals surface area contributed by atoms with E-state index in [1.807, 2.05) is 4.72 Å². The third kappa shape index (κ3) is 2.82. The number of rotatable bonds is 4. The average molecular weight is 269 g/mol. The van der Waals surface area contributed by atoms with Crippen molar-refractivity contribution < 1.29 is 18.3 Å². The van der Waals surface area contributed by atoms with Crippen LogP contribution in [0.25, 0.3) is 0 Å². The molecule has 0 radical (unpaired) electrons. The Kier molecular flexibility index (Phi) is 3.69. The van der Waals surface area contributed by atoms with E-state index in [1.165, 1.54) is 32.2 Å². The highest BCUT2D eigenvalue weighted by atomic mass is 32.2. The van der Waals surface area contributed by atoms with E-state index in [0.29, 0.717) is 0 Å². The first-order chi connectivity index (χ1) is 8.20. The second-order valence-corrected chi connectivity index (χ2v) is 5.65. The molecular formula is C10H11N3O4S. The minimum absolute atomic E-state index is 0.286. The second-order valence-electron chi connectivity index (χ2n) is 4.00. The van der Waals surface area contributed by atoms with Crippen molar-refractivity contribution in [2.24, 2.45) is 0 Å². The largest absolute Gasteiger partial charge is 0.480 e. The average Bonchev–Trinajstić information content (AvgIpc) is 2.27. The number of nitriles is 1. The zero-order valence-corrected chi connectivity index (χ0v) is 10.5. The standard InChI is InChI=1S/C10H11N3O4S/c1-10(2,9(14)15)13-18(16,17)8-4-3-5-12-7(8)6-11/h3-5,13H,1-2H3,(H,14,15). The Morgan fingerprint density at radius 2 is 2.17 bits per heavy atom. The number of pyridine rings is 1. The number of nitrogens with one attached hydrogen (secondary N) is 1. The van der Waals surface area contributed by atoms with Crippen molar-refractivity contribution in [2.75, 3.05) is 0 Å². The van der Waals surface area contributed by atoms with Gasteiger partial charge in [-0.1, -0.05) is 0 Å². The third-order valence-electron chi connectivity index (χ3n) is 2.09. The van der Waals surface area contributed by atoms with Crippen LogP contribution in [0, 0.1) is 11.3 Å². The lowest BCUT2D eigenvalue weighted by Crippen LogP contribution is -2.49. The Morgan fingerprint density at radius 3 is 2.67 bits per heavy atom. The van der Waals surface area contributed by atoms with E-state index in [9.17, 15) is 13.2 Å². The van der Waals surface area contributed by atoms with Gasteiger partial charge in [0.2, 0.25) is 10.0 Å². The molecule has 0 aliphatic carbocycles. The minimum atomic E-state index is -4.12. The number of hydrogen-bond donors (Lipinski definition) is 2. The minimum Gasteiger partial charge on any atom is -0.480 e. The number of hydrogen-bond acceptors (Lipinski definition) is 5. The monoisotopic (exact) mass is 269 g/mol. The van der Waals surface area contributed by atoms with Crippen molar-refractivity contribution in [1.82, 2.24) is 9.71 Å². The van der Waals surface area contributed by atoms with E-state index < -0.39 is 21.5 Å². The fourth-order valence-corrected chi connectivity index (χ4v) is 2.61. The van der Waals surface area contributed by atoms with Gasteiger partial charge in [0.1, 0.15) is 16.5 Å². The number of sulfonamides is 1. The smallest absolute Gasteiger partial charge is 0.324 e. The Labute approximate surface area is 104 Å². The van der Waals surface area contributed by atoms with Crippen LogP contribution in [0.2, 0.25) is 0 Å². The van der Waals surface area contributed by atoms with Crippen LogP contribution < -0.4 is 4.72 Å². The molecule has 0 atom stereocenters. The summed E-state index contributed by atoms with van der Waals surface area (Å²) in [6, 6.07) is 4.18. The summed E-state index contributed by atoms with van der Waals surface area (Å²) in [5.74, 6) is -1.33. The molecule has 1 heterocycles. The molecule has 2 N–H and O–H groups in total. The van der Waals surface area contributed by atoms with Crippen LogP contribution in [-0.4, -0.2) is 30.0 Å². The first-order valence-corrected chi connectivity index (χ1v) is 6.31. The summed E-state index contributed by atoms with van der Waals surface area (Å²) < 4.78 is 25.9. The van der Waals surface area contributed by atoms with Crippen molar-refractivity contribution >= 4 is 16.0 Å². The highest BCUT2D eigenvalue weighted by Gasteiger charge is 2.34. The summed E-state index contributed by atoms with van der Waals surface area (Å²) in [7, 11) is -4.12. The summed E-state index contributed by atoms with van der Waals surface area (Å²) in [4.78, 5) is 14.1. The van der Waals surface area contributed by atoms with Gasteiger partial charge >= 0.3 is 5.97 Å². The molecule has 0 unspecified atom stereocenters. The molecule has 1 rings (SSSR count). The molecule has 0 saturated carbocycles. The van der Waals surface area contributed by atoms with E-state index in [0.717, 1.165) is 0 Å². The summed E-state index contributed by atoms with van der Waals surface area (Å²) in [6.45, 7) is 2.41. The number of aromatic nitrogens is 1. The van der Waals surface area contributed by atoms with Crippen molar-refractivity contribution in [1.29, 1.82) is 5.26 Å². The molecule has 0 aliphatic heterocycles. The second kappa shape index (κ2) is 4.72. The van der Waals surface area contributed by atoms with Gasteiger partial charge in [-0.05, 0) is 26.0 Å². The van der Waals surface area contributed by atoms with Crippen molar-refractivity contribution in [3.63, 3.8) is 0 Å². The SMILES string of the molecule is CC(C)(NS(=O)(=O)c1cccnc1C#N)C(=O)O. The van der Waals surface area contributed by atoms with Crippen LogP contribution in [0.4, 0.5) is 0 Å². The fraction of sp³-hybridized carbons (Fsp3) is 0.300. The lowest BCUT2D eigenvalue weighted by molar-refractivity contribution is -0.142. The molecule has 1 aromatic rings. The maximum absolute atomic E-state index is 12.0. The maximum atomic E-state index is 12.0. The van der Waals surface area contributed by atoms with Crippen LogP contribution in [0.15, 0.2) is 23.2 Å². The quantitative estimate of drug-likeness (QED) is 0.799. The van der Waals surface area contributed by atoms with E-state index in [4.69, 9.17) is 10.4 Å². The summed E-state index contributed by atoms with van der Waals surface area (Å²) in [6.07, 6.45) is 1.28. The molecule has 0 saturated heterocycles. The molecule has 0 amide bonds. The van der Waals surface area contributed by atoms with Gasteiger partial charge in [0.05, 0.1) is 0 Å². The highest BCUT2D eigenvalue weighted by Crippen LogP contribution is 2.15. The highest BCUT2D eigenvalue weighted by molar-refractivity contribution is 7.89. The Hall–Kier alpha value is -1.98. The number of carboxylic acids is 1. The van der Waals surface area contributed by atoms with Crippen LogP contribution in [0.1, 0.15) is 19.5 Å². The number of nitrogens with zero attached hydrogens (tertiary/aromatic N) is 2. The summed E-state index contributed by atoms with van der Waals surface area (Å²) >= 11 is 0. The third-order valence-corrected chi connectivity index (χ3v) is 3.78.